The van der Waals surface area contributed by atoms with E-state index in [1.807, 2.05) is 12.1 Å². The zero-order valence-electron chi connectivity index (χ0n) is 12.1. The van der Waals surface area contributed by atoms with Gasteiger partial charge >= 0.3 is 0 Å². The van der Waals surface area contributed by atoms with E-state index in [-0.39, 0.29) is 11.8 Å². The van der Waals surface area contributed by atoms with Crippen LogP contribution in [0.15, 0.2) is 24.3 Å². The van der Waals surface area contributed by atoms with Crippen LogP contribution in [0.3, 0.4) is 0 Å². The summed E-state index contributed by atoms with van der Waals surface area (Å²) in [6.07, 6.45) is 2.68. The lowest BCUT2D eigenvalue weighted by Crippen LogP contribution is -2.39. The fourth-order valence-corrected chi connectivity index (χ4v) is 2.54. The molecule has 0 atom stereocenters. The van der Waals surface area contributed by atoms with Gasteiger partial charge in [0.25, 0.3) is 0 Å². The Bertz CT molecular complexity index is 499. The maximum Gasteiger partial charge on any atom is 0.220 e. The van der Waals surface area contributed by atoms with Gasteiger partial charge in [0.2, 0.25) is 5.91 Å². The van der Waals surface area contributed by atoms with Crippen molar-refractivity contribution in [1.82, 2.24) is 4.90 Å². The molecule has 1 aromatic rings. The molecule has 0 spiro atoms. The van der Waals surface area contributed by atoms with Crippen LogP contribution in [0.25, 0.3) is 0 Å². The third kappa shape index (κ3) is 4.76. The number of likely N-dealkylation sites (tertiary alicyclic amines) is 1. The van der Waals surface area contributed by atoms with Crippen LogP contribution in [-0.4, -0.2) is 37.0 Å². The van der Waals surface area contributed by atoms with Gasteiger partial charge in [0.1, 0.15) is 5.75 Å². The summed E-state index contributed by atoms with van der Waals surface area (Å²) in [5.74, 6) is 0.677. The summed E-state index contributed by atoms with van der Waals surface area (Å²) in [4.78, 5) is 13.4. The van der Waals surface area contributed by atoms with E-state index in [0.717, 1.165) is 44.6 Å². The summed E-state index contributed by atoms with van der Waals surface area (Å²) < 4.78 is 5.65. The maximum atomic E-state index is 11.1. The molecule has 112 valence electrons. The van der Waals surface area contributed by atoms with Gasteiger partial charge < -0.3 is 15.4 Å². The molecule has 1 fully saturated rings. The van der Waals surface area contributed by atoms with Gasteiger partial charge in [-0.1, -0.05) is 0 Å². The third-order valence-electron chi connectivity index (χ3n) is 3.86. The van der Waals surface area contributed by atoms with Crippen molar-refractivity contribution in [1.29, 1.82) is 5.26 Å². The first-order valence-corrected chi connectivity index (χ1v) is 7.33. The van der Waals surface area contributed by atoms with Gasteiger partial charge in [-0.15, -0.1) is 0 Å². The van der Waals surface area contributed by atoms with Crippen LogP contribution < -0.4 is 10.5 Å². The van der Waals surface area contributed by atoms with Crippen molar-refractivity contribution >= 4 is 5.91 Å². The van der Waals surface area contributed by atoms with Crippen LogP contribution in [0.5, 0.6) is 5.75 Å². The van der Waals surface area contributed by atoms with Crippen LogP contribution in [0, 0.1) is 17.2 Å². The summed E-state index contributed by atoms with van der Waals surface area (Å²) in [5.41, 5.74) is 5.96. The van der Waals surface area contributed by atoms with Gasteiger partial charge in [-0.3, -0.25) is 4.79 Å². The number of hydrogen-bond donors (Lipinski definition) is 1. The molecule has 2 N–H and O–H groups in total. The number of nitriles is 1. The number of carbonyl (C=O) groups excluding carboxylic acids is 1. The van der Waals surface area contributed by atoms with Crippen molar-refractivity contribution in [2.45, 2.75) is 19.3 Å². The Hall–Kier alpha value is -2.06. The van der Waals surface area contributed by atoms with E-state index in [1.165, 1.54) is 0 Å². The molecule has 1 heterocycles. The summed E-state index contributed by atoms with van der Waals surface area (Å²) in [6, 6.07) is 9.22. The normalized spacial score (nSPS) is 16.3. The van der Waals surface area contributed by atoms with Crippen molar-refractivity contribution in [2.75, 3.05) is 26.2 Å². The minimum Gasteiger partial charge on any atom is -0.494 e. The lowest BCUT2D eigenvalue weighted by Gasteiger charge is -2.30. The summed E-state index contributed by atoms with van der Waals surface area (Å²) in [5, 5.41) is 8.71. The van der Waals surface area contributed by atoms with Gasteiger partial charge in [0.15, 0.2) is 0 Å². The molecular formula is C16H21N3O2. The van der Waals surface area contributed by atoms with E-state index in [2.05, 4.69) is 11.0 Å². The number of carbonyl (C=O) groups is 1. The molecule has 1 aliphatic heterocycles. The lowest BCUT2D eigenvalue weighted by atomic mass is 9.96. The standard InChI is InChI=1S/C16H21N3O2/c17-12-13-2-4-15(5-3-13)21-11-1-8-19-9-6-14(7-10-19)16(18)20/h2-5,14H,1,6-11H2,(H2,18,20). The number of ether oxygens (including phenoxy) is 1. The molecule has 0 bridgehead atoms. The van der Waals surface area contributed by atoms with Crippen LogP contribution in [-0.2, 0) is 4.79 Å². The zero-order chi connectivity index (χ0) is 15.1. The summed E-state index contributed by atoms with van der Waals surface area (Å²) >= 11 is 0. The average Bonchev–Trinajstić information content (AvgIpc) is 2.52. The highest BCUT2D eigenvalue weighted by molar-refractivity contribution is 5.76. The first-order valence-electron chi connectivity index (χ1n) is 7.33. The van der Waals surface area contributed by atoms with Crippen molar-refractivity contribution in [3.8, 4) is 11.8 Å². The molecule has 2 rings (SSSR count). The van der Waals surface area contributed by atoms with E-state index in [1.54, 1.807) is 12.1 Å². The highest BCUT2D eigenvalue weighted by Crippen LogP contribution is 2.17. The first kappa shape index (κ1) is 15.3. The molecule has 1 aliphatic rings. The molecule has 1 aromatic carbocycles. The molecule has 0 radical (unpaired) electrons. The van der Waals surface area contributed by atoms with Crippen molar-refractivity contribution in [3.05, 3.63) is 29.8 Å². The Labute approximate surface area is 125 Å². The third-order valence-corrected chi connectivity index (χ3v) is 3.86. The molecule has 0 saturated carbocycles. The fraction of sp³-hybridized carbons (Fsp3) is 0.500. The van der Waals surface area contributed by atoms with E-state index >= 15 is 0 Å². The average molecular weight is 287 g/mol. The van der Waals surface area contributed by atoms with Gasteiger partial charge in [-0.25, -0.2) is 0 Å². The van der Waals surface area contributed by atoms with Gasteiger partial charge in [0, 0.05) is 12.5 Å². The second-order valence-corrected chi connectivity index (χ2v) is 5.36. The Kier molecular flexibility index (Phi) is 5.59. The van der Waals surface area contributed by atoms with E-state index in [0.29, 0.717) is 12.2 Å². The van der Waals surface area contributed by atoms with Crippen molar-refractivity contribution in [3.63, 3.8) is 0 Å². The monoisotopic (exact) mass is 287 g/mol. The molecule has 1 saturated heterocycles. The number of amides is 1. The van der Waals surface area contributed by atoms with Crippen LogP contribution >= 0.6 is 0 Å². The fourth-order valence-electron chi connectivity index (χ4n) is 2.54. The molecule has 0 unspecified atom stereocenters. The topological polar surface area (TPSA) is 79.3 Å². The highest BCUT2D eigenvalue weighted by atomic mass is 16.5. The number of hydrogen-bond acceptors (Lipinski definition) is 4. The minimum absolute atomic E-state index is 0.0520. The molecular weight excluding hydrogens is 266 g/mol. The number of nitrogens with two attached hydrogens (primary N) is 1. The van der Waals surface area contributed by atoms with E-state index in [4.69, 9.17) is 15.7 Å². The smallest absolute Gasteiger partial charge is 0.220 e. The molecule has 21 heavy (non-hydrogen) atoms. The predicted octanol–water partition coefficient (Wildman–Crippen LogP) is 1.52. The van der Waals surface area contributed by atoms with Gasteiger partial charge in [-0.2, -0.15) is 5.26 Å². The summed E-state index contributed by atoms with van der Waals surface area (Å²) in [7, 11) is 0. The largest absolute Gasteiger partial charge is 0.494 e. The number of benzene rings is 1. The number of piperidine rings is 1. The van der Waals surface area contributed by atoms with Gasteiger partial charge in [-0.05, 0) is 56.6 Å². The maximum absolute atomic E-state index is 11.1. The highest BCUT2D eigenvalue weighted by Gasteiger charge is 2.22. The molecule has 1 amide bonds. The number of rotatable bonds is 6. The second-order valence-electron chi connectivity index (χ2n) is 5.36. The van der Waals surface area contributed by atoms with Crippen molar-refractivity contribution in [2.24, 2.45) is 11.7 Å². The lowest BCUT2D eigenvalue weighted by molar-refractivity contribution is -0.123. The molecule has 5 heteroatoms. The Morgan fingerprint density at radius 1 is 1.33 bits per heavy atom. The van der Waals surface area contributed by atoms with E-state index in [9.17, 15) is 4.79 Å². The second kappa shape index (κ2) is 7.65. The Morgan fingerprint density at radius 3 is 2.57 bits per heavy atom. The van der Waals surface area contributed by atoms with Crippen LogP contribution in [0.2, 0.25) is 0 Å². The SMILES string of the molecule is N#Cc1ccc(OCCCN2CCC(C(N)=O)CC2)cc1. The molecule has 5 nitrogen and oxygen atoms in total. The number of nitrogens with zero attached hydrogens (tertiary/aromatic N) is 2. The summed E-state index contributed by atoms with van der Waals surface area (Å²) in [6.45, 7) is 3.50. The van der Waals surface area contributed by atoms with E-state index < -0.39 is 0 Å². The quantitative estimate of drug-likeness (QED) is 0.805. The van der Waals surface area contributed by atoms with Gasteiger partial charge in [0.05, 0.1) is 18.2 Å². The minimum atomic E-state index is -0.168. The first-order chi connectivity index (χ1) is 10.2. The van der Waals surface area contributed by atoms with Crippen LogP contribution in [0.1, 0.15) is 24.8 Å². The molecule has 0 aromatic heterocycles. The number of primary amides is 1. The Balaban J connectivity index is 1.62. The Morgan fingerprint density at radius 2 is 2.00 bits per heavy atom. The predicted molar refractivity (Wildman–Crippen MR) is 79.6 cm³/mol. The van der Waals surface area contributed by atoms with Crippen LogP contribution in [0.4, 0.5) is 0 Å². The zero-order valence-corrected chi connectivity index (χ0v) is 12.1. The molecule has 0 aliphatic carbocycles. The van der Waals surface area contributed by atoms with Crippen molar-refractivity contribution < 1.29 is 9.53 Å².